The van der Waals surface area contributed by atoms with Crippen LogP contribution in [0.1, 0.15) is 0 Å². The summed E-state index contributed by atoms with van der Waals surface area (Å²) in [6.45, 7) is 0. The Labute approximate surface area is 337 Å². The summed E-state index contributed by atoms with van der Waals surface area (Å²) in [6, 6.07) is 80.7. The highest BCUT2D eigenvalue weighted by molar-refractivity contribution is 6.12. The second-order valence-corrected chi connectivity index (χ2v) is 14.8. The Balaban J connectivity index is 1.15. The highest BCUT2D eigenvalue weighted by Gasteiger charge is 2.25. The van der Waals surface area contributed by atoms with Crippen molar-refractivity contribution in [2.45, 2.75) is 0 Å². The van der Waals surface area contributed by atoms with Crippen LogP contribution >= 0.6 is 0 Å². The zero-order valence-electron chi connectivity index (χ0n) is 31.7. The van der Waals surface area contributed by atoms with Gasteiger partial charge in [0, 0.05) is 22.0 Å². The van der Waals surface area contributed by atoms with Crippen molar-refractivity contribution in [2.24, 2.45) is 0 Å². The molecule has 0 saturated heterocycles. The van der Waals surface area contributed by atoms with Crippen LogP contribution in [-0.2, 0) is 0 Å². The van der Waals surface area contributed by atoms with Crippen LogP contribution in [0.15, 0.2) is 229 Å². The summed E-state index contributed by atoms with van der Waals surface area (Å²) in [5, 5.41) is 7.23. The SMILES string of the molecule is c1ccc(-c2ccccc2-c2c(-c3ccccc3)cccc2N(c2ccc(-c3ccc4c(ccc5ccccc54)c3)cc2)c2cccc3c2oc2ccccc23)cc1. The number of rotatable bonds is 7. The number of hydrogen-bond acceptors (Lipinski definition) is 2. The van der Waals surface area contributed by atoms with Crippen LogP contribution in [-0.4, -0.2) is 0 Å². The summed E-state index contributed by atoms with van der Waals surface area (Å²) in [7, 11) is 0. The van der Waals surface area contributed by atoms with Crippen molar-refractivity contribution in [2.75, 3.05) is 4.90 Å². The molecule has 0 spiro atoms. The van der Waals surface area contributed by atoms with Gasteiger partial charge in [-0.1, -0.05) is 188 Å². The predicted octanol–water partition coefficient (Wildman–Crippen LogP) is 16.0. The van der Waals surface area contributed by atoms with Crippen molar-refractivity contribution < 1.29 is 4.42 Å². The molecule has 0 aliphatic heterocycles. The van der Waals surface area contributed by atoms with Gasteiger partial charge in [0.1, 0.15) is 5.58 Å². The molecule has 0 fully saturated rings. The van der Waals surface area contributed by atoms with Gasteiger partial charge in [-0.05, 0) is 96.9 Å². The lowest BCUT2D eigenvalue weighted by Gasteiger charge is -2.30. The number of furan rings is 1. The summed E-state index contributed by atoms with van der Waals surface area (Å²) in [4.78, 5) is 2.39. The van der Waals surface area contributed by atoms with Gasteiger partial charge in [-0.15, -0.1) is 0 Å². The zero-order chi connectivity index (χ0) is 38.4. The summed E-state index contributed by atoms with van der Waals surface area (Å²) >= 11 is 0. The van der Waals surface area contributed by atoms with E-state index in [1.165, 1.54) is 38.2 Å². The van der Waals surface area contributed by atoms with E-state index in [2.05, 4.69) is 223 Å². The third-order valence-electron chi connectivity index (χ3n) is 11.5. The molecule has 1 aromatic heterocycles. The molecule has 2 nitrogen and oxygen atoms in total. The van der Waals surface area contributed by atoms with Crippen molar-refractivity contribution in [3.8, 4) is 44.5 Å². The van der Waals surface area contributed by atoms with Gasteiger partial charge < -0.3 is 9.32 Å². The molecule has 0 amide bonds. The molecule has 0 bridgehead atoms. The minimum atomic E-state index is 0.849. The minimum absolute atomic E-state index is 0.849. The smallest absolute Gasteiger partial charge is 0.159 e. The maximum atomic E-state index is 6.78. The number of benzene rings is 10. The lowest BCUT2D eigenvalue weighted by Crippen LogP contribution is -2.12. The average Bonchev–Trinajstić information content (AvgIpc) is 3.69. The van der Waals surface area contributed by atoms with Crippen LogP contribution < -0.4 is 4.90 Å². The van der Waals surface area contributed by atoms with Gasteiger partial charge in [0.05, 0.1) is 11.4 Å². The molecule has 0 N–H and O–H groups in total. The number of hydrogen-bond donors (Lipinski definition) is 0. The molecule has 0 unspecified atom stereocenters. The van der Waals surface area contributed by atoms with Gasteiger partial charge in [-0.25, -0.2) is 0 Å². The highest BCUT2D eigenvalue weighted by Crippen LogP contribution is 2.50. The molecule has 2 heteroatoms. The van der Waals surface area contributed by atoms with Crippen molar-refractivity contribution in [3.63, 3.8) is 0 Å². The lowest BCUT2D eigenvalue weighted by atomic mass is 9.87. The van der Waals surface area contributed by atoms with Crippen LogP contribution in [0, 0.1) is 0 Å². The van der Waals surface area contributed by atoms with E-state index in [-0.39, 0.29) is 0 Å². The normalized spacial score (nSPS) is 11.4. The third kappa shape index (κ3) is 5.74. The second kappa shape index (κ2) is 14.1. The molecule has 11 aromatic rings. The Hall–Kier alpha value is -7.68. The Bertz CT molecular complexity index is 3270. The van der Waals surface area contributed by atoms with E-state index < -0.39 is 0 Å². The number of anilines is 3. The van der Waals surface area contributed by atoms with Gasteiger partial charge in [-0.3, -0.25) is 0 Å². The van der Waals surface area contributed by atoms with Crippen molar-refractivity contribution in [1.29, 1.82) is 0 Å². The van der Waals surface area contributed by atoms with Crippen LogP contribution in [0.5, 0.6) is 0 Å². The molecule has 0 aliphatic carbocycles. The molecular weight excluding hydrogens is 703 g/mol. The van der Waals surface area contributed by atoms with E-state index in [9.17, 15) is 0 Å². The maximum absolute atomic E-state index is 6.78. The van der Waals surface area contributed by atoms with Crippen LogP contribution in [0.3, 0.4) is 0 Å². The minimum Gasteiger partial charge on any atom is -0.454 e. The monoisotopic (exact) mass is 739 g/mol. The van der Waals surface area contributed by atoms with E-state index in [1.54, 1.807) is 0 Å². The first-order chi connectivity index (χ1) is 28.8. The van der Waals surface area contributed by atoms with Gasteiger partial charge in [0.15, 0.2) is 5.58 Å². The molecular formula is C56H37NO. The van der Waals surface area contributed by atoms with E-state index in [0.717, 1.165) is 66.8 Å². The zero-order valence-corrected chi connectivity index (χ0v) is 31.7. The first-order valence-electron chi connectivity index (χ1n) is 19.8. The Morgan fingerprint density at radius 2 is 0.879 bits per heavy atom. The summed E-state index contributed by atoms with van der Waals surface area (Å²) in [5.74, 6) is 0. The molecule has 1 heterocycles. The predicted molar refractivity (Wildman–Crippen MR) is 245 cm³/mol. The summed E-state index contributed by atoms with van der Waals surface area (Å²) < 4.78 is 6.78. The van der Waals surface area contributed by atoms with E-state index >= 15 is 0 Å². The Kier molecular flexibility index (Phi) is 8.19. The second-order valence-electron chi connectivity index (χ2n) is 14.8. The lowest BCUT2D eigenvalue weighted by molar-refractivity contribution is 0.669. The molecule has 10 aromatic carbocycles. The number of para-hydroxylation sites is 2. The van der Waals surface area contributed by atoms with E-state index in [0.29, 0.717) is 0 Å². The fraction of sp³-hybridized carbons (Fsp3) is 0. The van der Waals surface area contributed by atoms with Gasteiger partial charge in [0.2, 0.25) is 0 Å². The summed E-state index contributed by atoms with van der Waals surface area (Å²) in [5.41, 5.74) is 14.1. The van der Waals surface area contributed by atoms with Crippen molar-refractivity contribution in [1.82, 2.24) is 0 Å². The largest absolute Gasteiger partial charge is 0.454 e. The van der Waals surface area contributed by atoms with Crippen LogP contribution in [0.2, 0.25) is 0 Å². The Morgan fingerprint density at radius 3 is 1.69 bits per heavy atom. The van der Waals surface area contributed by atoms with Crippen LogP contribution in [0.4, 0.5) is 17.1 Å². The van der Waals surface area contributed by atoms with E-state index in [1.807, 2.05) is 6.07 Å². The Morgan fingerprint density at radius 1 is 0.310 bits per heavy atom. The van der Waals surface area contributed by atoms with Crippen LogP contribution in [0.25, 0.3) is 88.0 Å². The number of fused-ring (bicyclic) bond motifs is 6. The van der Waals surface area contributed by atoms with Crippen molar-refractivity contribution in [3.05, 3.63) is 224 Å². The first-order valence-corrected chi connectivity index (χ1v) is 19.8. The van der Waals surface area contributed by atoms with Gasteiger partial charge >= 0.3 is 0 Å². The van der Waals surface area contributed by atoms with Crippen molar-refractivity contribution >= 4 is 60.5 Å². The fourth-order valence-corrected chi connectivity index (χ4v) is 8.75. The average molecular weight is 740 g/mol. The third-order valence-corrected chi connectivity index (χ3v) is 11.5. The quantitative estimate of drug-likeness (QED) is 0.151. The molecule has 0 saturated carbocycles. The fourth-order valence-electron chi connectivity index (χ4n) is 8.75. The summed E-state index contributed by atoms with van der Waals surface area (Å²) in [6.07, 6.45) is 0. The molecule has 0 atom stereocenters. The van der Waals surface area contributed by atoms with Gasteiger partial charge in [0.25, 0.3) is 0 Å². The molecule has 0 aliphatic rings. The topological polar surface area (TPSA) is 16.4 Å². The van der Waals surface area contributed by atoms with Gasteiger partial charge in [-0.2, -0.15) is 0 Å². The molecule has 0 radical (unpaired) electrons. The standard InChI is InChI=1S/C56H37NO/c1-3-15-39(16-4-1)46-21-9-10-23-50(46)55-48(40-17-5-2-6-18-40)24-13-26-52(55)57(53-27-14-25-51-49-22-11-12-28-54(49)58-56(51)53)44-34-31-38(32-35-44)42-33-36-47-43(37-42)30-29-41-19-7-8-20-45(41)47/h1-37H. The highest BCUT2D eigenvalue weighted by atomic mass is 16.3. The molecule has 11 rings (SSSR count). The maximum Gasteiger partial charge on any atom is 0.159 e. The molecule has 272 valence electrons. The first kappa shape index (κ1) is 33.6. The molecule has 58 heavy (non-hydrogen) atoms. The number of nitrogens with zero attached hydrogens (tertiary/aromatic N) is 1. The van der Waals surface area contributed by atoms with E-state index in [4.69, 9.17) is 4.42 Å².